The molecule has 0 aromatic heterocycles. The van der Waals surface area contributed by atoms with E-state index in [1.807, 2.05) is 0 Å². The average molecular weight is 204 g/mol. The molecular formula is C9H16O5. The predicted molar refractivity (Wildman–Crippen MR) is 48.7 cm³/mol. The first kappa shape index (κ1) is 12.9. The summed E-state index contributed by atoms with van der Waals surface area (Å²) < 4.78 is 4.58. The fourth-order valence-corrected chi connectivity index (χ4v) is 1.01. The topological polar surface area (TPSA) is 83.8 Å². The monoisotopic (exact) mass is 204 g/mol. The van der Waals surface area contributed by atoms with Crippen LogP contribution < -0.4 is 0 Å². The molecule has 0 aliphatic heterocycles. The Labute approximate surface area is 82.7 Å². The van der Waals surface area contributed by atoms with Gasteiger partial charge in [0, 0.05) is 0 Å². The van der Waals surface area contributed by atoms with Crippen molar-refractivity contribution in [3.05, 3.63) is 0 Å². The van der Waals surface area contributed by atoms with Crippen molar-refractivity contribution >= 4 is 11.9 Å². The minimum atomic E-state index is -1.30. The molecule has 5 nitrogen and oxygen atoms in total. The molecule has 0 saturated heterocycles. The van der Waals surface area contributed by atoms with E-state index in [4.69, 9.17) is 5.11 Å². The highest BCUT2D eigenvalue weighted by Gasteiger charge is 2.33. The summed E-state index contributed by atoms with van der Waals surface area (Å²) in [6.45, 7) is 4.62. The minimum Gasteiger partial charge on any atom is -0.481 e. The van der Waals surface area contributed by atoms with Gasteiger partial charge in [0.25, 0.3) is 0 Å². The molecule has 0 rings (SSSR count). The van der Waals surface area contributed by atoms with Gasteiger partial charge in [0.2, 0.25) is 0 Å². The molecule has 1 unspecified atom stereocenters. The van der Waals surface area contributed by atoms with Gasteiger partial charge in [-0.1, -0.05) is 0 Å². The largest absolute Gasteiger partial charge is 0.481 e. The van der Waals surface area contributed by atoms with Crippen molar-refractivity contribution in [3.8, 4) is 0 Å². The average Bonchev–Trinajstić information content (AvgIpc) is 1.98. The van der Waals surface area contributed by atoms with Crippen molar-refractivity contribution in [1.29, 1.82) is 0 Å². The van der Waals surface area contributed by atoms with E-state index in [-0.39, 0.29) is 13.0 Å². The van der Waals surface area contributed by atoms with Crippen molar-refractivity contribution in [2.24, 2.45) is 5.92 Å². The van der Waals surface area contributed by atoms with E-state index >= 15 is 0 Å². The first-order valence-corrected chi connectivity index (χ1v) is 4.39. The summed E-state index contributed by atoms with van der Waals surface area (Å²) >= 11 is 0. The van der Waals surface area contributed by atoms with Gasteiger partial charge in [0.15, 0.2) is 5.92 Å². The zero-order valence-corrected chi connectivity index (χ0v) is 8.61. The van der Waals surface area contributed by atoms with Gasteiger partial charge in [-0.05, 0) is 27.2 Å². The second kappa shape index (κ2) is 4.95. The Balaban J connectivity index is 4.45. The van der Waals surface area contributed by atoms with Crippen LogP contribution in [-0.2, 0) is 14.3 Å². The van der Waals surface area contributed by atoms with Crippen LogP contribution in [0.5, 0.6) is 0 Å². The SMILES string of the molecule is CCOC(=O)C(CC(C)(C)O)C(=O)O. The van der Waals surface area contributed by atoms with E-state index in [1.54, 1.807) is 6.92 Å². The second-order valence-corrected chi connectivity index (χ2v) is 3.66. The first-order valence-electron chi connectivity index (χ1n) is 4.39. The van der Waals surface area contributed by atoms with Crippen molar-refractivity contribution in [2.45, 2.75) is 32.8 Å². The Morgan fingerprint density at radius 1 is 1.43 bits per heavy atom. The molecule has 5 heteroatoms. The molecule has 0 amide bonds. The number of ether oxygens (including phenoxy) is 1. The maximum Gasteiger partial charge on any atom is 0.320 e. The van der Waals surface area contributed by atoms with Gasteiger partial charge in [0.1, 0.15) is 0 Å². The van der Waals surface area contributed by atoms with Gasteiger partial charge >= 0.3 is 11.9 Å². The van der Waals surface area contributed by atoms with Crippen molar-refractivity contribution in [2.75, 3.05) is 6.61 Å². The molecule has 0 aliphatic carbocycles. The van der Waals surface area contributed by atoms with E-state index in [0.717, 1.165) is 0 Å². The van der Waals surface area contributed by atoms with Crippen LogP contribution in [0.3, 0.4) is 0 Å². The van der Waals surface area contributed by atoms with E-state index in [1.165, 1.54) is 13.8 Å². The lowest BCUT2D eigenvalue weighted by Gasteiger charge is -2.20. The van der Waals surface area contributed by atoms with Crippen LogP contribution >= 0.6 is 0 Å². The third-order valence-corrected chi connectivity index (χ3v) is 1.57. The molecule has 0 aromatic carbocycles. The standard InChI is InChI=1S/C9H16O5/c1-4-14-8(12)6(7(10)11)5-9(2,3)13/h6,13H,4-5H2,1-3H3,(H,10,11). The number of hydrogen-bond donors (Lipinski definition) is 2. The maximum atomic E-state index is 11.1. The molecule has 0 radical (unpaired) electrons. The molecule has 0 fully saturated rings. The lowest BCUT2D eigenvalue weighted by atomic mass is 9.94. The molecule has 1 atom stereocenters. The molecule has 0 aliphatic rings. The maximum absolute atomic E-state index is 11.1. The normalized spacial score (nSPS) is 13.4. The highest BCUT2D eigenvalue weighted by molar-refractivity contribution is 5.93. The van der Waals surface area contributed by atoms with E-state index < -0.39 is 23.5 Å². The van der Waals surface area contributed by atoms with Gasteiger partial charge in [-0.15, -0.1) is 0 Å². The number of carboxylic acids is 1. The predicted octanol–water partition coefficient (Wildman–Crippen LogP) is 0.411. The van der Waals surface area contributed by atoms with Gasteiger partial charge in [0.05, 0.1) is 12.2 Å². The smallest absolute Gasteiger partial charge is 0.320 e. The van der Waals surface area contributed by atoms with E-state index in [0.29, 0.717) is 0 Å². The molecule has 0 aromatic rings. The van der Waals surface area contributed by atoms with Crippen LogP contribution in [0.1, 0.15) is 27.2 Å². The number of hydrogen-bond acceptors (Lipinski definition) is 4. The first-order chi connectivity index (χ1) is 6.28. The summed E-state index contributed by atoms with van der Waals surface area (Å²) in [5.41, 5.74) is -1.20. The van der Waals surface area contributed by atoms with Gasteiger partial charge < -0.3 is 14.9 Å². The molecule has 2 N–H and O–H groups in total. The fraction of sp³-hybridized carbons (Fsp3) is 0.778. The summed E-state index contributed by atoms with van der Waals surface area (Å²) in [6.07, 6.45) is -0.152. The minimum absolute atomic E-state index is 0.133. The van der Waals surface area contributed by atoms with Crippen molar-refractivity contribution in [3.63, 3.8) is 0 Å². The van der Waals surface area contributed by atoms with Crippen LogP contribution in [0.25, 0.3) is 0 Å². The van der Waals surface area contributed by atoms with Gasteiger partial charge in [-0.2, -0.15) is 0 Å². The summed E-state index contributed by atoms with van der Waals surface area (Å²) in [5.74, 6) is -3.37. The molecule has 0 saturated carbocycles. The number of aliphatic hydroxyl groups is 1. The summed E-state index contributed by atoms with van der Waals surface area (Å²) in [4.78, 5) is 21.8. The summed E-state index contributed by atoms with van der Waals surface area (Å²) in [6, 6.07) is 0. The molecule has 0 spiro atoms. The summed E-state index contributed by atoms with van der Waals surface area (Å²) in [7, 11) is 0. The summed E-state index contributed by atoms with van der Waals surface area (Å²) in [5, 5.41) is 18.1. The molecule has 0 heterocycles. The molecule has 0 bridgehead atoms. The van der Waals surface area contributed by atoms with Crippen LogP contribution in [-0.4, -0.2) is 34.4 Å². The zero-order valence-electron chi connectivity index (χ0n) is 8.61. The molecule has 82 valence electrons. The Morgan fingerprint density at radius 2 is 1.93 bits per heavy atom. The van der Waals surface area contributed by atoms with Gasteiger partial charge in [-0.3, -0.25) is 9.59 Å². The number of carbonyl (C=O) groups is 2. The number of carbonyl (C=O) groups excluding carboxylic acids is 1. The van der Waals surface area contributed by atoms with Crippen LogP contribution in [0, 0.1) is 5.92 Å². The lowest BCUT2D eigenvalue weighted by Crippen LogP contribution is -2.33. The molecule has 14 heavy (non-hydrogen) atoms. The third kappa shape index (κ3) is 4.81. The van der Waals surface area contributed by atoms with Crippen molar-refractivity contribution in [1.82, 2.24) is 0 Å². The van der Waals surface area contributed by atoms with E-state index in [9.17, 15) is 14.7 Å². The Morgan fingerprint density at radius 3 is 2.21 bits per heavy atom. The van der Waals surface area contributed by atoms with Crippen molar-refractivity contribution < 1.29 is 24.5 Å². The Hall–Kier alpha value is -1.10. The number of aliphatic carboxylic acids is 1. The van der Waals surface area contributed by atoms with Crippen LogP contribution in [0.2, 0.25) is 0 Å². The van der Waals surface area contributed by atoms with Crippen LogP contribution in [0.4, 0.5) is 0 Å². The number of esters is 1. The zero-order chi connectivity index (χ0) is 11.4. The Bertz CT molecular complexity index is 216. The Kier molecular flexibility index (Phi) is 4.56. The van der Waals surface area contributed by atoms with E-state index in [2.05, 4.69) is 4.74 Å². The lowest BCUT2D eigenvalue weighted by molar-refractivity contribution is -0.161. The number of carboxylic acid groups (broad SMARTS) is 1. The second-order valence-electron chi connectivity index (χ2n) is 3.66. The molecular weight excluding hydrogens is 188 g/mol. The highest BCUT2D eigenvalue weighted by Crippen LogP contribution is 2.17. The highest BCUT2D eigenvalue weighted by atomic mass is 16.5. The fourth-order valence-electron chi connectivity index (χ4n) is 1.01. The number of rotatable bonds is 5. The van der Waals surface area contributed by atoms with Gasteiger partial charge in [-0.25, -0.2) is 0 Å². The third-order valence-electron chi connectivity index (χ3n) is 1.57. The quantitative estimate of drug-likeness (QED) is 0.500. The van der Waals surface area contributed by atoms with Crippen LogP contribution in [0.15, 0.2) is 0 Å².